The molecule has 158 valence electrons. The molecule has 9 heteroatoms. The molecule has 2 rings (SSSR count). The van der Waals surface area contributed by atoms with Crippen LogP contribution >= 0.6 is 11.6 Å². The van der Waals surface area contributed by atoms with E-state index in [1.807, 2.05) is 20.8 Å². The maximum Gasteiger partial charge on any atom is 0.338 e. The number of benzene rings is 1. The predicted molar refractivity (Wildman–Crippen MR) is 109 cm³/mol. The number of carbonyl (C=O) groups excluding carboxylic acids is 4. The summed E-state index contributed by atoms with van der Waals surface area (Å²) in [5, 5.41) is 3.11. The first-order valence-electron chi connectivity index (χ1n) is 9.30. The molecule has 1 saturated heterocycles. The van der Waals surface area contributed by atoms with Crippen molar-refractivity contribution in [2.45, 2.75) is 39.2 Å². The molecule has 1 aliphatic rings. The van der Waals surface area contributed by atoms with Crippen LogP contribution in [0.1, 0.15) is 44.0 Å². The molecule has 1 aromatic carbocycles. The van der Waals surface area contributed by atoms with Gasteiger partial charge in [0.15, 0.2) is 6.61 Å². The first-order valence-corrected chi connectivity index (χ1v) is 9.68. The molecule has 0 aliphatic carbocycles. The first-order chi connectivity index (χ1) is 13.5. The number of hydrogen-bond donors (Lipinski definition) is 1. The molecule has 0 saturated carbocycles. The van der Waals surface area contributed by atoms with E-state index in [2.05, 4.69) is 5.32 Å². The molecule has 0 spiro atoms. The number of anilines is 1. The molecular weight excluding hydrogens is 398 g/mol. The fraction of sp³-hybridized carbons (Fsp3) is 0.500. The molecule has 1 heterocycles. The van der Waals surface area contributed by atoms with Crippen molar-refractivity contribution in [1.29, 1.82) is 0 Å². The Bertz CT molecular complexity index is 819. The van der Waals surface area contributed by atoms with Gasteiger partial charge in [0.1, 0.15) is 0 Å². The van der Waals surface area contributed by atoms with Gasteiger partial charge >= 0.3 is 5.97 Å². The highest BCUT2D eigenvalue weighted by Gasteiger charge is 2.25. The normalized spacial score (nSPS) is 14.0. The van der Waals surface area contributed by atoms with Gasteiger partial charge < -0.3 is 19.9 Å². The lowest BCUT2D eigenvalue weighted by Gasteiger charge is -2.23. The van der Waals surface area contributed by atoms with E-state index in [4.69, 9.17) is 16.3 Å². The molecular formula is C20H26ClN3O5. The molecule has 1 fully saturated rings. The van der Waals surface area contributed by atoms with Crippen molar-refractivity contribution in [1.82, 2.24) is 10.2 Å². The number of rotatable bonds is 6. The van der Waals surface area contributed by atoms with Crippen LogP contribution in [0, 0.1) is 0 Å². The highest BCUT2D eigenvalue weighted by Crippen LogP contribution is 2.30. The number of nitrogens with one attached hydrogen (secondary N) is 1. The number of carbonyl (C=O) groups is 4. The summed E-state index contributed by atoms with van der Waals surface area (Å²) in [5.74, 6) is -1.58. The molecule has 0 aromatic heterocycles. The zero-order chi connectivity index (χ0) is 21.8. The van der Waals surface area contributed by atoms with E-state index in [9.17, 15) is 19.2 Å². The molecule has 1 aliphatic heterocycles. The summed E-state index contributed by atoms with van der Waals surface area (Å²) in [4.78, 5) is 51.0. The van der Waals surface area contributed by atoms with Gasteiger partial charge in [-0.15, -0.1) is 0 Å². The number of amides is 3. The van der Waals surface area contributed by atoms with Gasteiger partial charge in [-0.25, -0.2) is 4.79 Å². The molecule has 0 bridgehead atoms. The highest BCUT2D eigenvalue weighted by atomic mass is 35.5. The van der Waals surface area contributed by atoms with Crippen molar-refractivity contribution in [3.63, 3.8) is 0 Å². The highest BCUT2D eigenvalue weighted by molar-refractivity contribution is 6.34. The number of nitrogens with zero attached hydrogens (tertiary/aromatic N) is 2. The number of halogens is 1. The van der Waals surface area contributed by atoms with Crippen LogP contribution in [-0.2, 0) is 19.1 Å². The average molecular weight is 424 g/mol. The summed E-state index contributed by atoms with van der Waals surface area (Å²) in [6, 6.07) is 4.47. The van der Waals surface area contributed by atoms with Crippen molar-refractivity contribution >= 4 is 41.0 Å². The standard InChI is InChI=1S/C20H26ClN3O5/c1-20(2,3)22-16(25)11-23(4)18(27)12-29-19(28)13-7-8-14(21)15(10-13)24-9-5-6-17(24)26/h7-8,10H,5-6,9,11-12H2,1-4H3,(H,22,25). The Morgan fingerprint density at radius 3 is 2.55 bits per heavy atom. The molecule has 1 aromatic rings. The molecule has 0 radical (unpaired) electrons. The van der Waals surface area contributed by atoms with Crippen LogP contribution in [0.4, 0.5) is 5.69 Å². The summed E-state index contributed by atoms with van der Waals surface area (Å²) in [6.45, 7) is 5.41. The fourth-order valence-corrected chi connectivity index (χ4v) is 3.05. The number of ether oxygens (including phenoxy) is 1. The van der Waals surface area contributed by atoms with Gasteiger partial charge in [0.05, 0.1) is 22.8 Å². The summed E-state index contributed by atoms with van der Waals surface area (Å²) in [5.41, 5.74) is 0.229. The third-order valence-corrected chi connectivity index (χ3v) is 4.51. The number of likely N-dealkylation sites (N-methyl/N-ethyl adjacent to an activating group) is 1. The van der Waals surface area contributed by atoms with E-state index < -0.39 is 24.0 Å². The van der Waals surface area contributed by atoms with Crippen LogP contribution in [0.15, 0.2) is 18.2 Å². The Hall–Kier alpha value is -2.61. The van der Waals surface area contributed by atoms with E-state index in [-0.39, 0.29) is 23.9 Å². The van der Waals surface area contributed by atoms with Crippen molar-refractivity contribution in [3.05, 3.63) is 28.8 Å². The van der Waals surface area contributed by atoms with Crippen LogP contribution in [0.2, 0.25) is 5.02 Å². The van der Waals surface area contributed by atoms with Gasteiger partial charge in [0.25, 0.3) is 5.91 Å². The Morgan fingerprint density at radius 2 is 1.97 bits per heavy atom. The monoisotopic (exact) mass is 423 g/mol. The molecule has 0 atom stereocenters. The van der Waals surface area contributed by atoms with Crippen LogP contribution < -0.4 is 10.2 Å². The predicted octanol–water partition coefficient (Wildman–Crippen LogP) is 2.00. The minimum Gasteiger partial charge on any atom is -0.452 e. The first kappa shape index (κ1) is 22.7. The van der Waals surface area contributed by atoms with E-state index in [0.29, 0.717) is 23.7 Å². The van der Waals surface area contributed by atoms with E-state index in [1.165, 1.54) is 35.0 Å². The molecule has 29 heavy (non-hydrogen) atoms. The van der Waals surface area contributed by atoms with Crippen molar-refractivity contribution < 1.29 is 23.9 Å². The number of hydrogen-bond acceptors (Lipinski definition) is 5. The van der Waals surface area contributed by atoms with E-state index in [0.717, 1.165) is 6.42 Å². The average Bonchev–Trinajstić information content (AvgIpc) is 3.03. The largest absolute Gasteiger partial charge is 0.452 e. The van der Waals surface area contributed by atoms with Crippen LogP contribution in [0.5, 0.6) is 0 Å². The third kappa shape index (κ3) is 6.45. The van der Waals surface area contributed by atoms with Gasteiger partial charge in [0, 0.05) is 25.6 Å². The molecule has 8 nitrogen and oxygen atoms in total. The minimum absolute atomic E-state index is 0.0530. The summed E-state index contributed by atoms with van der Waals surface area (Å²) in [6.07, 6.45) is 1.17. The van der Waals surface area contributed by atoms with Crippen LogP contribution in [0.3, 0.4) is 0 Å². The van der Waals surface area contributed by atoms with E-state index in [1.54, 1.807) is 0 Å². The number of esters is 1. The second-order valence-electron chi connectivity index (χ2n) is 7.94. The van der Waals surface area contributed by atoms with Crippen molar-refractivity contribution in [3.8, 4) is 0 Å². The van der Waals surface area contributed by atoms with Gasteiger partial charge in [-0.1, -0.05) is 11.6 Å². The topological polar surface area (TPSA) is 96.0 Å². The Morgan fingerprint density at radius 1 is 1.28 bits per heavy atom. The minimum atomic E-state index is -0.713. The lowest BCUT2D eigenvalue weighted by Crippen LogP contribution is -2.46. The lowest BCUT2D eigenvalue weighted by molar-refractivity contribution is -0.137. The maximum atomic E-state index is 12.3. The SMILES string of the molecule is CN(CC(=O)NC(C)(C)C)C(=O)COC(=O)c1ccc(Cl)c(N2CCCC2=O)c1. The molecule has 3 amide bonds. The lowest BCUT2D eigenvalue weighted by atomic mass is 10.1. The molecule has 0 unspecified atom stereocenters. The van der Waals surface area contributed by atoms with Crippen molar-refractivity contribution in [2.75, 3.05) is 31.6 Å². The quantitative estimate of drug-likeness (QED) is 0.706. The zero-order valence-electron chi connectivity index (χ0n) is 17.1. The van der Waals surface area contributed by atoms with Gasteiger partial charge in [-0.2, -0.15) is 0 Å². The third-order valence-electron chi connectivity index (χ3n) is 4.19. The molecule has 1 N–H and O–H groups in total. The van der Waals surface area contributed by atoms with E-state index >= 15 is 0 Å². The van der Waals surface area contributed by atoms with Gasteiger partial charge in [0.2, 0.25) is 11.8 Å². The fourth-order valence-electron chi connectivity index (χ4n) is 2.83. The second-order valence-corrected chi connectivity index (χ2v) is 8.35. The zero-order valence-corrected chi connectivity index (χ0v) is 17.8. The Labute approximate surface area is 175 Å². The van der Waals surface area contributed by atoms with Crippen LogP contribution in [-0.4, -0.2) is 60.9 Å². The smallest absolute Gasteiger partial charge is 0.338 e. The maximum absolute atomic E-state index is 12.3. The summed E-state index contributed by atoms with van der Waals surface area (Å²) >= 11 is 6.16. The van der Waals surface area contributed by atoms with Crippen molar-refractivity contribution in [2.24, 2.45) is 0 Å². The second kappa shape index (κ2) is 9.26. The summed E-state index contributed by atoms with van der Waals surface area (Å²) < 4.78 is 5.07. The van der Waals surface area contributed by atoms with Gasteiger partial charge in [-0.3, -0.25) is 14.4 Å². The summed E-state index contributed by atoms with van der Waals surface area (Å²) in [7, 11) is 1.46. The van der Waals surface area contributed by atoms with Crippen LogP contribution in [0.25, 0.3) is 0 Å². The Balaban J connectivity index is 1.94. The van der Waals surface area contributed by atoms with Gasteiger partial charge in [-0.05, 0) is 45.4 Å². The Kier molecular flexibility index (Phi) is 7.24.